The van der Waals surface area contributed by atoms with Gasteiger partial charge in [0.2, 0.25) is 88.6 Å². The molecule has 0 unspecified atom stereocenters. The molecule has 670 valence electrons. The van der Waals surface area contributed by atoms with E-state index in [9.17, 15) is 102 Å². The van der Waals surface area contributed by atoms with E-state index in [1.54, 1.807) is 71.9 Å². The lowest BCUT2D eigenvalue weighted by Crippen LogP contribution is -2.61. The Bertz CT molecular complexity index is 3740. The number of carboxylic acids is 3. The molecule has 0 spiro atoms. The van der Waals surface area contributed by atoms with Crippen molar-refractivity contribution in [3.05, 3.63) is 35.9 Å². The lowest BCUT2D eigenvalue weighted by Gasteiger charge is -2.30. The number of benzene rings is 1. The number of guanidine groups is 3. The number of nitrogens with zero attached hydrogens (tertiary/aromatic N) is 1. The van der Waals surface area contributed by atoms with Gasteiger partial charge in [-0.05, 0) is 113 Å². The highest BCUT2D eigenvalue weighted by molar-refractivity contribution is 6.00. The number of carbonyl (C=O) groups is 18. The van der Waals surface area contributed by atoms with E-state index in [1.165, 1.54) is 20.8 Å². The molecule has 1 aliphatic heterocycles. The SMILES string of the molecule is CC(C)C[C@H](NC(=O)[C@@H](N)Cc1ccccc1)C(=O)N[C@@H](C)C(=O)N[C@@H](CCC(=O)O)C(=O)NCC(=O)NCC(=O)NCC(=O)N[C@H](C(=O)N[C@@H](CCCNC(=N)N)C(=O)NCC(=O)N1CCC[C@H]1C(=O)N[C@@H](CCCNC(=N)N)C(=O)N[C@H](C(=O)N[C@H](C(=O)N[C@@H](CCC(=O)O)C(=O)N[C@@H](CCCNC(=N)N)C(=O)O)C(C)C)C(C)C)C(C)C. The number of nitrogens with one attached hydrogen (secondary N) is 20. The lowest BCUT2D eigenvalue weighted by atomic mass is 9.98. The molecule has 0 radical (unpaired) electrons. The molecule has 1 aromatic rings. The lowest BCUT2D eigenvalue weighted by molar-refractivity contribution is -0.143. The Kier molecular flexibility index (Phi) is 46.3. The quantitative estimate of drug-likeness (QED) is 0.0164. The second-order valence-electron chi connectivity index (χ2n) is 30.2. The van der Waals surface area contributed by atoms with Crippen molar-refractivity contribution in [2.75, 3.05) is 52.4 Å². The van der Waals surface area contributed by atoms with Gasteiger partial charge < -0.3 is 134 Å². The Labute approximate surface area is 694 Å². The Hall–Kier alpha value is -12.5. The van der Waals surface area contributed by atoms with E-state index in [0.29, 0.717) is 0 Å². The van der Waals surface area contributed by atoms with Crippen LogP contribution in [0.25, 0.3) is 0 Å². The summed E-state index contributed by atoms with van der Waals surface area (Å²) in [6, 6.07) is -7.53. The number of carbonyl (C=O) groups excluding carboxylic acids is 15. The predicted molar refractivity (Wildman–Crippen MR) is 433 cm³/mol. The van der Waals surface area contributed by atoms with Gasteiger partial charge in [-0.3, -0.25) is 97.7 Å². The minimum Gasteiger partial charge on any atom is -0.481 e. The van der Waals surface area contributed by atoms with Crippen molar-refractivity contribution >= 4 is 124 Å². The number of likely N-dealkylation sites (tertiary alicyclic amines) is 1. The van der Waals surface area contributed by atoms with Gasteiger partial charge in [-0.15, -0.1) is 0 Å². The zero-order valence-corrected chi connectivity index (χ0v) is 69.1. The van der Waals surface area contributed by atoms with E-state index >= 15 is 0 Å². The van der Waals surface area contributed by atoms with Gasteiger partial charge in [0, 0.05) is 39.0 Å². The van der Waals surface area contributed by atoms with Crippen molar-refractivity contribution in [3.63, 3.8) is 0 Å². The smallest absolute Gasteiger partial charge is 0.326 e. The molecular weight excluding hydrogens is 1570 g/mol. The minimum atomic E-state index is -1.62. The summed E-state index contributed by atoms with van der Waals surface area (Å²) >= 11 is 0. The minimum absolute atomic E-state index is 0.00279. The van der Waals surface area contributed by atoms with Crippen molar-refractivity contribution < 1.29 is 102 Å². The molecule has 1 heterocycles. The third kappa shape index (κ3) is 40.5. The summed E-state index contributed by atoms with van der Waals surface area (Å²) in [6.07, 6.45) is -1.66. The number of aliphatic carboxylic acids is 3. The first-order valence-corrected chi connectivity index (χ1v) is 39.4. The van der Waals surface area contributed by atoms with Gasteiger partial charge in [-0.1, -0.05) is 85.7 Å². The Morgan fingerprint density at radius 1 is 0.417 bits per heavy atom. The van der Waals surface area contributed by atoms with Crippen LogP contribution in [0.15, 0.2) is 30.3 Å². The van der Waals surface area contributed by atoms with Gasteiger partial charge >= 0.3 is 17.9 Å². The molecule has 12 atom stereocenters. The summed E-state index contributed by atoms with van der Waals surface area (Å²) in [5.74, 6) is -20.9. The van der Waals surface area contributed by atoms with Crippen LogP contribution in [0.4, 0.5) is 0 Å². The number of nitrogens with two attached hydrogens (primary N) is 4. The van der Waals surface area contributed by atoms with Crippen LogP contribution in [-0.2, 0) is 92.7 Å². The van der Waals surface area contributed by atoms with Crippen LogP contribution >= 0.6 is 0 Å². The summed E-state index contributed by atoms with van der Waals surface area (Å²) in [5, 5.41) is 93.1. The number of hydrogen-bond donors (Lipinski definition) is 27. The summed E-state index contributed by atoms with van der Waals surface area (Å²) in [4.78, 5) is 241. The van der Waals surface area contributed by atoms with Crippen LogP contribution < -0.4 is 113 Å². The van der Waals surface area contributed by atoms with E-state index in [4.69, 9.17) is 39.2 Å². The first-order chi connectivity index (χ1) is 56.3. The first-order valence-electron chi connectivity index (χ1n) is 39.4. The Balaban J connectivity index is 2.17. The van der Waals surface area contributed by atoms with Crippen LogP contribution in [0.5, 0.6) is 0 Å². The molecule has 0 bridgehead atoms. The normalized spacial score (nSPS) is 15.0. The molecule has 2 rings (SSSR count). The molecule has 1 fully saturated rings. The largest absolute Gasteiger partial charge is 0.481 e. The van der Waals surface area contributed by atoms with E-state index in [1.807, 2.05) is 0 Å². The molecule has 1 aliphatic rings. The fourth-order valence-electron chi connectivity index (χ4n) is 12.0. The van der Waals surface area contributed by atoms with Gasteiger partial charge in [0.15, 0.2) is 17.9 Å². The van der Waals surface area contributed by atoms with Crippen LogP contribution in [0.1, 0.15) is 151 Å². The standard InChI is InChI=1S/C74H123N25O21/c1-37(2)31-49(95-61(109)43(75)32-42-17-11-10-12-18-42)66(114)89-41(9)60(108)90-46(23-25-55(104)105)63(111)87-34-52(101)85-33-51(100)86-35-53(102)96-57(38(3)4)68(116)92-44(19-13-27-82-72(76)77)62(110)88-36-54(103)99-30-16-22-50(99)67(115)91-45(20-14-28-83-73(78)79)65(113)97-59(40(7)8)70(118)98-58(39(5)6)69(117)93-47(24-26-56(106)107)64(112)94-48(71(119)120)21-15-29-84-74(80)81/h10-12,17-18,37-41,43-50,57-59H,13-16,19-36,75H2,1-9H3,(H,85,101)(H,86,100)(H,87,111)(H,88,110)(H,89,114)(H,90,108)(H,91,115)(H,92,116)(H,93,117)(H,94,112)(H,95,109)(H,96,102)(H,97,113)(H,98,118)(H,104,105)(H,106,107)(H,119,120)(H4,76,77,82)(H4,78,79,83)(H4,80,81,84)/t41-,43-,44-,45-,46-,47-,48-,49-,50-,57-,58-,59-/m0/s1. The highest BCUT2D eigenvalue weighted by Gasteiger charge is 2.40. The van der Waals surface area contributed by atoms with Gasteiger partial charge in [0.05, 0.1) is 32.2 Å². The number of carboxylic acid groups (broad SMARTS) is 3. The highest BCUT2D eigenvalue weighted by Crippen LogP contribution is 2.20. The molecule has 0 aliphatic carbocycles. The maximum Gasteiger partial charge on any atom is 0.326 e. The van der Waals surface area contributed by atoms with Crippen molar-refractivity contribution in [2.24, 2.45) is 46.6 Å². The molecular formula is C74H123N25O21. The topological polar surface area (TPSA) is 751 Å². The van der Waals surface area contributed by atoms with E-state index in [2.05, 4.69) is 90.4 Å². The summed E-state index contributed by atoms with van der Waals surface area (Å²) < 4.78 is 0. The zero-order chi connectivity index (χ0) is 90.6. The zero-order valence-electron chi connectivity index (χ0n) is 69.1. The molecule has 31 N–H and O–H groups in total. The van der Waals surface area contributed by atoms with E-state index in [0.717, 1.165) is 10.5 Å². The maximum atomic E-state index is 14.4. The number of amides is 15. The molecule has 120 heavy (non-hydrogen) atoms. The molecule has 0 aromatic heterocycles. The molecule has 46 heteroatoms. The number of hydrogen-bond acceptors (Lipinski definition) is 22. The van der Waals surface area contributed by atoms with Gasteiger partial charge in [-0.25, -0.2) is 4.79 Å². The fourth-order valence-corrected chi connectivity index (χ4v) is 12.0. The van der Waals surface area contributed by atoms with Crippen molar-refractivity contribution in [3.8, 4) is 0 Å². The Morgan fingerprint density at radius 3 is 1.27 bits per heavy atom. The summed E-state index contributed by atoms with van der Waals surface area (Å²) in [6.45, 7) is 11.3. The second-order valence-corrected chi connectivity index (χ2v) is 30.2. The molecule has 15 amide bonds. The van der Waals surface area contributed by atoms with Crippen molar-refractivity contribution in [1.29, 1.82) is 16.2 Å². The van der Waals surface area contributed by atoms with Gasteiger partial charge in [0.25, 0.3) is 0 Å². The van der Waals surface area contributed by atoms with Gasteiger partial charge in [0.1, 0.15) is 66.5 Å². The average molecular weight is 1700 g/mol. The van der Waals surface area contributed by atoms with Crippen molar-refractivity contribution in [1.82, 2.24) is 95.3 Å². The summed E-state index contributed by atoms with van der Waals surface area (Å²) in [7, 11) is 0. The third-order valence-electron chi connectivity index (χ3n) is 18.5. The first kappa shape index (κ1) is 104. The average Bonchev–Trinajstić information content (AvgIpc) is 1.71. The fraction of sp³-hybridized carbons (Fsp3) is 0.635. The summed E-state index contributed by atoms with van der Waals surface area (Å²) in [5.41, 5.74) is 23.1. The molecule has 46 nitrogen and oxygen atoms in total. The highest BCUT2D eigenvalue weighted by atomic mass is 16.4. The second kappa shape index (κ2) is 53.7. The molecule has 0 saturated carbocycles. The van der Waals surface area contributed by atoms with Crippen LogP contribution in [0, 0.1) is 39.9 Å². The van der Waals surface area contributed by atoms with E-state index < -0.39 is 261 Å². The van der Waals surface area contributed by atoms with Gasteiger partial charge in [-0.2, -0.15) is 0 Å². The van der Waals surface area contributed by atoms with Crippen molar-refractivity contribution in [2.45, 2.75) is 225 Å². The third-order valence-corrected chi connectivity index (χ3v) is 18.5. The van der Waals surface area contributed by atoms with Crippen LogP contribution in [0.2, 0.25) is 0 Å². The van der Waals surface area contributed by atoms with Crippen LogP contribution in [0.3, 0.4) is 0 Å². The predicted octanol–water partition coefficient (Wildman–Crippen LogP) is -7.50. The molecule has 1 aromatic carbocycles. The number of rotatable bonds is 55. The molecule has 1 saturated heterocycles. The Morgan fingerprint density at radius 2 is 0.800 bits per heavy atom. The van der Waals surface area contributed by atoms with Crippen LogP contribution in [-0.4, -0.2) is 269 Å². The van der Waals surface area contributed by atoms with E-state index in [-0.39, 0.29) is 102 Å². The maximum absolute atomic E-state index is 14.4. The monoisotopic (exact) mass is 1700 g/mol.